The van der Waals surface area contributed by atoms with Gasteiger partial charge in [-0.15, -0.1) is 0 Å². The minimum atomic E-state index is -1.12. The number of benzene rings is 3. The Balaban J connectivity index is 2.42. The van der Waals surface area contributed by atoms with E-state index in [2.05, 4.69) is 0 Å². The zero-order valence-corrected chi connectivity index (χ0v) is 13.2. The Bertz CT molecular complexity index is 776. The molecule has 0 atom stereocenters. The van der Waals surface area contributed by atoms with Crippen LogP contribution in [0, 0.1) is 0 Å². The van der Waals surface area contributed by atoms with E-state index in [-0.39, 0.29) is 0 Å². The number of carbonyl (C=O) groups excluding carboxylic acids is 1. The summed E-state index contributed by atoms with van der Waals surface area (Å²) < 4.78 is 0. The number of hydrogen-bond donors (Lipinski definition) is 1. The van der Waals surface area contributed by atoms with Crippen molar-refractivity contribution in [1.29, 1.82) is 0 Å². The van der Waals surface area contributed by atoms with Gasteiger partial charge in [-0.25, -0.2) is 0 Å². The first-order chi connectivity index (χ1) is 11.2. The highest BCUT2D eigenvalue weighted by molar-refractivity contribution is 6.32. The van der Waals surface area contributed by atoms with Gasteiger partial charge in [-0.2, -0.15) is 0 Å². The molecule has 0 fully saturated rings. The van der Waals surface area contributed by atoms with E-state index in [9.17, 15) is 4.79 Å². The highest BCUT2D eigenvalue weighted by Gasteiger charge is 2.43. The van der Waals surface area contributed by atoms with Crippen LogP contribution in [0.15, 0.2) is 84.9 Å². The molecule has 23 heavy (non-hydrogen) atoms. The molecule has 3 aromatic rings. The molecule has 0 unspecified atom stereocenters. The lowest BCUT2D eigenvalue weighted by molar-refractivity contribution is -0.120. The smallest absolute Gasteiger partial charge is 0.237 e. The van der Waals surface area contributed by atoms with Gasteiger partial charge in [-0.05, 0) is 22.8 Å². The average Bonchev–Trinajstić information content (AvgIpc) is 2.59. The number of carbonyl (C=O) groups is 1. The second-order valence-electron chi connectivity index (χ2n) is 5.33. The highest BCUT2D eigenvalue weighted by atomic mass is 35.5. The van der Waals surface area contributed by atoms with E-state index in [1.165, 1.54) is 0 Å². The Labute approximate surface area is 140 Å². The Morgan fingerprint density at radius 1 is 0.739 bits per heavy atom. The summed E-state index contributed by atoms with van der Waals surface area (Å²) in [4.78, 5) is 12.7. The second kappa shape index (κ2) is 6.27. The first-order valence-electron chi connectivity index (χ1n) is 7.33. The van der Waals surface area contributed by atoms with Crippen molar-refractivity contribution in [3.63, 3.8) is 0 Å². The molecular weight excluding hydrogens is 306 g/mol. The third-order valence-electron chi connectivity index (χ3n) is 4.06. The molecule has 0 aromatic heterocycles. The maximum atomic E-state index is 12.7. The van der Waals surface area contributed by atoms with Gasteiger partial charge in [0.1, 0.15) is 5.41 Å². The lowest BCUT2D eigenvalue weighted by Crippen LogP contribution is -2.43. The van der Waals surface area contributed by atoms with Gasteiger partial charge in [0.2, 0.25) is 5.91 Å². The number of hydrogen-bond acceptors (Lipinski definition) is 1. The van der Waals surface area contributed by atoms with Gasteiger partial charge in [0.05, 0.1) is 0 Å². The summed E-state index contributed by atoms with van der Waals surface area (Å²) in [7, 11) is 0. The number of halogens is 1. The Hall–Kier alpha value is -2.58. The first-order valence-corrected chi connectivity index (χ1v) is 7.71. The van der Waals surface area contributed by atoms with E-state index in [4.69, 9.17) is 17.3 Å². The summed E-state index contributed by atoms with van der Waals surface area (Å²) in [5.41, 5.74) is 7.10. The van der Waals surface area contributed by atoms with E-state index >= 15 is 0 Å². The monoisotopic (exact) mass is 321 g/mol. The van der Waals surface area contributed by atoms with Crippen LogP contribution in [0.2, 0.25) is 5.02 Å². The Morgan fingerprint density at radius 3 is 1.61 bits per heavy atom. The highest BCUT2D eigenvalue weighted by Crippen LogP contribution is 2.41. The minimum Gasteiger partial charge on any atom is -0.368 e. The molecular formula is C20H16ClNO. The molecule has 0 saturated heterocycles. The quantitative estimate of drug-likeness (QED) is 0.720. The van der Waals surface area contributed by atoms with Crippen LogP contribution in [0.3, 0.4) is 0 Å². The average molecular weight is 322 g/mol. The van der Waals surface area contributed by atoms with Crippen molar-refractivity contribution in [1.82, 2.24) is 0 Å². The summed E-state index contributed by atoms with van der Waals surface area (Å²) in [6, 6.07) is 26.4. The van der Waals surface area contributed by atoms with E-state index in [1.54, 1.807) is 6.07 Å². The normalized spacial score (nSPS) is 11.2. The SMILES string of the molecule is NC(=O)C(c1ccccc1)(c1ccccc1)c1ccccc1Cl. The van der Waals surface area contributed by atoms with Crippen molar-refractivity contribution < 1.29 is 4.79 Å². The van der Waals surface area contributed by atoms with Crippen LogP contribution in [0.25, 0.3) is 0 Å². The summed E-state index contributed by atoms with van der Waals surface area (Å²) in [5.74, 6) is -0.456. The first kappa shape index (κ1) is 15.3. The zero-order valence-electron chi connectivity index (χ0n) is 12.4. The van der Waals surface area contributed by atoms with Gasteiger partial charge in [0.25, 0.3) is 0 Å². The fourth-order valence-corrected chi connectivity index (χ4v) is 3.31. The van der Waals surface area contributed by atoms with Crippen molar-refractivity contribution in [3.05, 3.63) is 107 Å². The van der Waals surface area contributed by atoms with Crippen molar-refractivity contribution in [3.8, 4) is 0 Å². The minimum absolute atomic E-state index is 0.456. The molecule has 0 aliphatic carbocycles. The van der Waals surface area contributed by atoms with Crippen molar-refractivity contribution in [2.75, 3.05) is 0 Å². The summed E-state index contributed by atoms with van der Waals surface area (Å²) in [5, 5.41) is 0.513. The third kappa shape index (κ3) is 2.51. The number of primary amides is 1. The molecule has 0 bridgehead atoms. The molecule has 0 saturated carbocycles. The van der Waals surface area contributed by atoms with Crippen LogP contribution in [-0.4, -0.2) is 5.91 Å². The van der Waals surface area contributed by atoms with Gasteiger partial charge in [-0.1, -0.05) is 90.5 Å². The van der Waals surface area contributed by atoms with Gasteiger partial charge in [0, 0.05) is 5.02 Å². The molecule has 2 nitrogen and oxygen atoms in total. The molecule has 3 rings (SSSR count). The van der Waals surface area contributed by atoms with Crippen LogP contribution in [0.1, 0.15) is 16.7 Å². The number of rotatable bonds is 4. The molecule has 0 aliphatic heterocycles. The molecule has 1 amide bonds. The van der Waals surface area contributed by atoms with E-state index in [1.807, 2.05) is 78.9 Å². The topological polar surface area (TPSA) is 43.1 Å². The van der Waals surface area contributed by atoms with Crippen LogP contribution in [0.4, 0.5) is 0 Å². The molecule has 0 radical (unpaired) electrons. The van der Waals surface area contributed by atoms with Crippen LogP contribution >= 0.6 is 11.6 Å². The Kier molecular flexibility index (Phi) is 4.18. The fraction of sp³-hybridized carbons (Fsp3) is 0.0500. The van der Waals surface area contributed by atoms with E-state index in [0.29, 0.717) is 10.6 Å². The van der Waals surface area contributed by atoms with Gasteiger partial charge in [-0.3, -0.25) is 4.79 Å². The zero-order chi connectivity index (χ0) is 16.3. The molecule has 2 N–H and O–H groups in total. The molecule has 0 aliphatic rings. The second-order valence-corrected chi connectivity index (χ2v) is 5.73. The van der Waals surface area contributed by atoms with E-state index in [0.717, 1.165) is 11.1 Å². The summed E-state index contributed by atoms with van der Waals surface area (Å²) in [6.07, 6.45) is 0. The molecule has 0 spiro atoms. The molecule has 3 aromatic carbocycles. The largest absolute Gasteiger partial charge is 0.368 e. The third-order valence-corrected chi connectivity index (χ3v) is 4.39. The molecule has 3 heteroatoms. The van der Waals surface area contributed by atoms with Crippen molar-refractivity contribution in [2.24, 2.45) is 5.73 Å². The maximum Gasteiger partial charge on any atom is 0.237 e. The standard InChI is InChI=1S/C20H16ClNO/c21-18-14-8-7-13-17(18)20(19(22)23,15-9-3-1-4-10-15)16-11-5-2-6-12-16/h1-14H,(H2,22,23). The van der Waals surface area contributed by atoms with Crippen LogP contribution < -0.4 is 5.73 Å². The van der Waals surface area contributed by atoms with Crippen LogP contribution in [0.5, 0.6) is 0 Å². The maximum absolute atomic E-state index is 12.7. The lowest BCUT2D eigenvalue weighted by atomic mass is 9.69. The summed E-state index contributed by atoms with van der Waals surface area (Å²) in [6.45, 7) is 0. The van der Waals surface area contributed by atoms with Crippen molar-refractivity contribution in [2.45, 2.75) is 5.41 Å². The van der Waals surface area contributed by atoms with Crippen molar-refractivity contribution >= 4 is 17.5 Å². The fourth-order valence-electron chi connectivity index (χ4n) is 3.04. The van der Waals surface area contributed by atoms with E-state index < -0.39 is 11.3 Å². The number of nitrogens with two attached hydrogens (primary N) is 1. The predicted molar refractivity (Wildman–Crippen MR) is 93.4 cm³/mol. The predicted octanol–water partition coefficient (Wildman–Crippen LogP) is 4.16. The van der Waals surface area contributed by atoms with Gasteiger partial charge < -0.3 is 5.73 Å². The van der Waals surface area contributed by atoms with Crippen LogP contribution in [-0.2, 0) is 10.2 Å². The molecule has 114 valence electrons. The number of amides is 1. The summed E-state index contributed by atoms with van der Waals surface area (Å²) >= 11 is 6.44. The van der Waals surface area contributed by atoms with Gasteiger partial charge in [0.15, 0.2) is 0 Å². The Morgan fingerprint density at radius 2 is 1.17 bits per heavy atom. The van der Waals surface area contributed by atoms with Gasteiger partial charge >= 0.3 is 0 Å². The molecule has 0 heterocycles. The lowest BCUT2D eigenvalue weighted by Gasteiger charge is -2.33.